The van der Waals surface area contributed by atoms with Crippen LogP contribution in [0, 0.1) is 11.3 Å². The average molecular weight is 276 g/mol. The number of aromatic nitrogens is 2. The van der Waals surface area contributed by atoms with Crippen LogP contribution in [-0.4, -0.2) is 17.1 Å². The molecular formula is C13H10ClN3O2. The molecule has 0 spiro atoms. The molecule has 0 N–H and O–H groups in total. The van der Waals surface area contributed by atoms with Crippen molar-refractivity contribution >= 4 is 11.6 Å². The number of halogens is 1. The lowest BCUT2D eigenvalue weighted by atomic mass is 10.1. The molecule has 0 aliphatic carbocycles. The molecule has 0 atom stereocenters. The molecule has 0 saturated heterocycles. The molecule has 2 aromatic rings. The number of hydrogen-bond donors (Lipinski definition) is 0. The van der Waals surface area contributed by atoms with Gasteiger partial charge in [0.1, 0.15) is 17.5 Å². The van der Waals surface area contributed by atoms with Crippen molar-refractivity contribution in [2.24, 2.45) is 0 Å². The van der Waals surface area contributed by atoms with Crippen LogP contribution in [-0.2, 0) is 6.61 Å². The SMILES string of the molecule is COc1cc(C#N)ccc1COc1nccc(Cl)n1. The molecule has 1 heterocycles. The second-order valence-corrected chi connectivity index (χ2v) is 3.98. The first-order chi connectivity index (χ1) is 9.22. The third kappa shape index (κ3) is 3.33. The van der Waals surface area contributed by atoms with Gasteiger partial charge in [0, 0.05) is 11.8 Å². The molecule has 1 aromatic heterocycles. The highest BCUT2D eigenvalue weighted by molar-refractivity contribution is 6.29. The Morgan fingerprint density at radius 1 is 1.37 bits per heavy atom. The summed E-state index contributed by atoms with van der Waals surface area (Å²) in [4.78, 5) is 7.85. The van der Waals surface area contributed by atoms with Gasteiger partial charge in [0.2, 0.25) is 0 Å². The van der Waals surface area contributed by atoms with Crippen molar-refractivity contribution in [3.8, 4) is 17.8 Å². The van der Waals surface area contributed by atoms with E-state index in [4.69, 9.17) is 26.3 Å². The smallest absolute Gasteiger partial charge is 0.318 e. The van der Waals surface area contributed by atoms with Crippen molar-refractivity contribution in [2.75, 3.05) is 7.11 Å². The number of rotatable bonds is 4. The molecule has 0 radical (unpaired) electrons. The summed E-state index contributed by atoms with van der Waals surface area (Å²) >= 11 is 5.73. The van der Waals surface area contributed by atoms with E-state index in [9.17, 15) is 0 Å². The van der Waals surface area contributed by atoms with E-state index in [1.54, 1.807) is 24.3 Å². The van der Waals surface area contributed by atoms with E-state index in [0.717, 1.165) is 5.56 Å². The minimum Gasteiger partial charge on any atom is -0.496 e. The molecule has 0 bridgehead atoms. The number of benzene rings is 1. The van der Waals surface area contributed by atoms with E-state index in [2.05, 4.69) is 9.97 Å². The Balaban J connectivity index is 2.13. The highest BCUT2D eigenvalue weighted by Crippen LogP contribution is 2.21. The minimum absolute atomic E-state index is 0.193. The fourth-order valence-corrected chi connectivity index (χ4v) is 1.59. The normalized spacial score (nSPS) is 9.74. The van der Waals surface area contributed by atoms with Crippen molar-refractivity contribution < 1.29 is 9.47 Å². The molecule has 0 aliphatic rings. The lowest BCUT2D eigenvalue weighted by Crippen LogP contribution is -2.01. The summed E-state index contributed by atoms with van der Waals surface area (Å²) in [6.07, 6.45) is 1.51. The summed E-state index contributed by atoms with van der Waals surface area (Å²) in [6, 6.07) is 8.92. The summed E-state index contributed by atoms with van der Waals surface area (Å²) in [5.41, 5.74) is 1.32. The maximum absolute atomic E-state index is 8.82. The average Bonchev–Trinajstić information content (AvgIpc) is 2.45. The second kappa shape index (κ2) is 6.03. The zero-order chi connectivity index (χ0) is 13.7. The largest absolute Gasteiger partial charge is 0.496 e. The number of hydrogen-bond acceptors (Lipinski definition) is 5. The molecular weight excluding hydrogens is 266 g/mol. The molecule has 96 valence electrons. The van der Waals surface area contributed by atoms with Gasteiger partial charge in [-0.3, -0.25) is 0 Å². The molecule has 19 heavy (non-hydrogen) atoms. The highest BCUT2D eigenvalue weighted by Gasteiger charge is 2.06. The van der Waals surface area contributed by atoms with Gasteiger partial charge in [-0.25, -0.2) is 4.98 Å². The lowest BCUT2D eigenvalue weighted by molar-refractivity contribution is 0.273. The van der Waals surface area contributed by atoms with Crippen molar-refractivity contribution in [3.63, 3.8) is 0 Å². The van der Waals surface area contributed by atoms with E-state index in [1.807, 2.05) is 6.07 Å². The van der Waals surface area contributed by atoms with Gasteiger partial charge in [0.15, 0.2) is 0 Å². The van der Waals surface area contributed by atoms with E-state index in [0.29, 0.717) is 16.5 Å². The first kappa shape index (κ1) is 13.1. The van der Waals surface area contributed by atoms with E-state index in [1.165, 1.54) is 13.3 Å². The first-order valence-corrected chi connectivity index (χ1v) is 5.79. The minimum atomic E-state index is 0.193. The molecule has 0 aliphatic heterocycles. The van der Waals surface area contributed by atoms with Gasteiger partial charge < -0.3 is 9.47 Å². The second-order valence-electron chi connectivity index (χ2n) is 3.59. The Bertz CT molecular complexity index is 626. The van der Waals surface area contributed by atoms with E-state index >= 15 is 0 Å². The van der Waals surface area contributed by atoms with Crippen LogP contribution >= 0.6 is 11.6 Å². The van der Waals surface area contributed by atoms with Crippen molar-refractivity contribution in [1.82, 2.24) is 9.97 Å². The van der Waals surface area contributed by atoms with Gasteiger partial charge in [-0.1, -0.05) is 17.7 Å². The number of nitriles is 1. The summed E-state index contributed by atoms with van der Waals surface area (Å²) in [5.74, 6) is 0.584. The van der Waals surface area contributed by atoms with Gasteiger partial charge in [0.25, 0.3) is 0 Å². The fourth-order valence-electron chi connectivity index (χ4n) is 1.47. The van der Waals surface area contributed by atoms with Crippen molar-refractivity contribution in [1.29, 1.82) is 5.26 Å². The van der Waals surface area contributed by atoms with Gasteiger partial charge in [-0.2, -0.15) is 10.2 Å². The Morgan fingerprint density at radius 2 is 2.21 bits per heavy atom. The monoisotopic (exact) mass is 275 g/mol. The van der Waals surface area contributed by atoms with Crippen molar-refractivity contribution in [2.45, 2.75) is 6.61 Å². The number of ether oxygens (including phenoxy) is 2. The van der Waals surface area contributed by atoms with Crippen LogP contribution in [0.5, 0.6) is 11.8 Å². The van der Waals surface area contributed by atoms with Crippen LogP contribution in [0.25, 0.3) is 0 Å². The topological polar surface area (TPSA) is 68.0 Å². The maximum Gasteiger partial charge on any atom is 0.318 e. The van der Waals surface area contributed by atoms with Gasteiger partial charge in [-0.05, 0) is 18.2 Å². The summed E-state index contributed by atoms with van der Waals surface area (Å²) in [7, 11) is 1.54. The molecule has 0 fully saturated rings. The van der Waals surface area contributed by atoms with E-state index in [-0.39, 0.29) is 12.6 Å². The van der Waals surface area contributed by atoms with Crippen molar-refractivity contribution in [3.05, 3.63) is 46.7 Å². The molecule has 2 rings (SSSR count). The lowest BCUT2D eigenvalue weighted by Gasteiger charge is -2.09. The predicted molar refractivity (Wildman–Crippen MR) is 69.1 cm³/mol. The number of nitrogens with zero attached hydrogens (tertiary/aromatic N) is 3. The molecule has 0 saturated carbocycles. The van der Waals surface area contributed by atoms with Crippen LogP contribution in [0.1, 0.15) is 11.1 Å². The van der Waals surface area contributed by atoms with Crippen LogP contribution < -0.4 is 9.47 Å². The molecule has 0 unspecified atom stereocenters. The Labute approximate surface area is 115 Å². The molecule has 0 amide bonds. The molecule has 5 nitrogen and oxygen atoms in total. The van der Waals surface area contributed by atoms with Gasteiger partial charge in [-0.15, -0.1) is 0 Å². The highest BCUT2D eigenvalue weighted by atomic mass is 35.5. The third-order valence-electron chi connectivity index (χ3n) is 2.37. The van der Waals surface area contributed by atoms with Gasteiger partial charge in [0.05, 0.1) is 18.7 Å². The standard InChI is InChI=1S/C13H10ClN3O2/c1-18-11-6-9(7-15)2-3-10(11)8-19-13-16-5-4-12(14)17-13/h2-6H,8H2,1H3. The Kier molecular flexibility index (Phi) is 4.16. The Morgan fingerprint density at radius 3 is 2.89 bits per heavy atom. The fraction of sp³-hybridized carbons (Fsp3) is 0.154. The first-order valence-electron chi connectivity index (χ1n) is 5.41. The Hall–Kier alpha value is -2.32. The zero-order valence-electron chi connectivity index (χ0n) is 10.1. The molecule has 6 heteroatoms. The summed E-state index contributed by atoms with van der Waals surface area (Å²) in [6.45, 7) is 0.231. The third-order valence-corrected chi connectivity index (χ3v) is 2.58. The molecule has 1 aromatic carbocycles. The number of methoxy groups -OCH3 is 1. The predicted octanol–water partition coefficient (Wildman–Crippen LogP) is 2.59. The summed E-state index contributed by atoms with van der Waals surface area (Å²) in [5, 5.41) is 9.13. The maximum atomic E-state index is 8.82. The van der Waals surface area contributed by atoms with Crippen LogP contribution in [0.4, 0.5) is 0 Å². The zero-order valence-corrected chi connectivity index (χ0v) is 10.9. The van der Waals surface area contributed by atoms with Crippen LogP contribution in [0.15, 0.2) is 30.5 Å². The summed E-state index contributed by atoms with van der Waals surface area (Å²) < 4.78 is 10.6. The van der Waals surface area contributed by atoms with E-state index < -0.39 is 0 Å². The van der Waals surface area contributed by atoms with Gasteiger partial charge >= 0.3 is 6.01 Å². The van der Waals surface area contributed by atoms with Crippen LogP contribution in [0.3, 0.4) is 0 Å². The quantitative estimate of drug-likeness (QED) is 0.802. The van der Waals surface area contributed by atoms with Crippen LogP contribution in [0.2, 0.25) is 5.15 Å².